The predicted molar refractivity (Wildman–Crippen MR) is 64.4 cm³/mol. The van der Waals surface area contributed by atoms with Crippen LogP contribution in [0, 0.1) is 0 Å². The molecule has 76 valence electrons. The second-order valence-corrected chi connectivity index (χ2v) is 4.80. The second kappa shape index (κ2) is 6.49. The highest BCUT2D eigenvalue weighted by Crippen LogP contribution is 2.08. The summed E-state index contributed by atoms with van der Waals surface area (Å²) in [5, 5.41) is 4.25. The number of hydrogen-bond acceptors (Lipinski definition) is 2. The molecule has 0 saturated carbocycles. The molecule has 0 radical (unpaired) electrons. The Bertz CT molecular complexity index is 156. The molecule has 0 aromatic heterocycles. The van der Waals surface area contributed by atoms with Crippen LogP contribution < -0.4 is 5.32 Å². The number of nitrogens with one attached hydrogen (secondary N) is 1. The van der Waals surface area contributed by atoms with E-state index >= 15 is 0 Å². The normalized spacial score (nSPS) is 17.2. The summed E-state index contributed by atoms with van der Waals surface area (Å²) >= 11 is 7.31. The largest absolute Gasteiger partial charge is 0.363 e. The van der Waals surface area contributed by atoms with Crippen molar-refractivity contribution in [2.24, 2.45) is 0 Å². The topological polar surface area (TPSA) is 15.3 Å². The molecule has 0 aromatic carbocycles. The Balaban J connectivity index is 2.13. The molecule has 1 saturated heterocycles. The molecule has 1 rings (SSSR count). The minimum atomic E-state index is 0.953. The van der Waals surface area contributed by atoms with Gasteiger partial charge in [0.05, 0.1) is 0 Å². The van der Waals surface area contributed by atoms with Crippen LogP contribution in [0.5, 0.6) is 0 Å². The Hall–Kier alpha value is 0.0400. The lowest BCUT2D eigenvalue weighted by atomic mass is 10.3. The Morgan fingerprint density at radius 3 is 2.77 bits per heavy atom. The van der Waals surface area contributed by atoms with Crippen molar-refractivity contribution in [1.29, 1.82) is 0 Å². The number of nitrogens with zero attached hydrogens (tertiary/aromatic N) is 1. The third-order valence-corrected chi connectivity index (χ3v) is 3.45. The lowest BCUT2D eigenvalue weighted by Crippen LogP contribution is -2.44. The van der Waals surface area contributed by atoms with Gasteiger partial charge in [0.25, 0.3) is 0 Å². The van der Waals surface area contributed by atoms with Crippen LogP contribution in [0.3, 0.4) is 0 Å². The van der Waals surface area contributed by atoms with Gasteiger partial charge in [0.2, 0.25) is 0 Å². The van der Waals surface area contributed by atoms with Gasteiger partial charge in [-0.1, -0.05) is 13.3 Å². The maximum absolute atomic E-state index is 5.29. The molecule has 0 aromatic rings. The van der Waals surface area contributed by atoms with Gasteiger partial charge in [-0.15, -0.1) is 0 Å². The van der Waals surface area contributed by atoms with E-state index in [4.69, 9.17) is 12.2 Å². The lowest BCUT2D eigenvalue weighted by Gasteiger charge is -2.29. The molecular formula is C9H18N2S2. The highest BCUT2D eigenvalue weighted by atomic mass is 32.2. The zero-order valence-corrected chi connectivity index (χ0v) is 9.85. The van der Waals surface area contributed by atoms with Gasteiger partial charge in [-0.05, 0) is 18.6 Å². The number of thiocarbonyl (C=S) groups is 1. The summed E-state index contributed by atoms with van der Waals surface area (Å²) in [7, 11) is 0. The molecule has 1 N–H and O–H groups in total. The van der Waals surface area contributed by atoms with E-state index in [1.807, 2.05) is 11.8 Å². The fourth-order valence-corrected chi connectivity index (χ4v) is 2.44. The minimum Gasteiger partial charge on any atom is -0.363 e. The Kier molecular flexibility index (Phi) is 5.55. The van der Waals surface area contributed by atoms with Gasteiger partial charge in [-0.25, -0.2) is 0 Å². The molecule has 0 bridgehead atoms. The van der Waals surface area contributed by atoms with Crippen LogP contribution in [0.15, 0.2) is 0 Å². The molecule has 2 nitrogen and oxygen atoms in total. The molecule has 1 fully saturated rings. The summed E-state index contributed by atoms with van der Waals surface area (Å²) in [5.41, 5.74) is 0. The van der Waals surface area contributed by atoms with Crippen molar-refractivity contribution >= 4 is 29.1 Å². The molecule has 0 unspecified atom stereocenters. The van der Waals surface area contributed by atoms with Crippen LogP contribution in [0.25, 0.3) is 0 Å². The summed E-state index contributed by atoms with van der Waals surface area (Å²) in [5.74, 6) is 2.44. The zero-order chi connectivity index (χ0) is 9.52. The Labute approximate surface area is 90.4 Å². The molecule has 0 aliphatic carbocycles. The van der Waals surface area contributed by atoms with Crippen molar-refractivity contribution in [3.05, 3.63) is 0 Å². The molecule has 4 heteroatoms. The van der Waals surface area contributed by atoms with Crippen molar-refractivity contribution in [1.82, 2.24) is 10.2 Å². The van der Waals surface area contributed by atoms with Crippen LogP contribution in [0.2, 0.25) is 0 Å². The first-order chi connectivity index (χ1) is 6.34. The summed E-state index contributed by atoms with van der Waals surface area (Å²) < 4.78 is 0. The molecular weight excluding hydrogens is 200 g/mol. The SMILES string of the molecule is CCCCNC(=S)N1CCSCC1. The predicted octanol–water partition coefficient (Wildman–Crippen LogP) is 1.71. The monoisotopic (exact) mass is 218 g/mol. The van der Waals surface area contributed by atoms with Crippen molar-refractivity contribution in [2.75, 3.05) is 31.1 Å². The average molecular weight is 218 g/mol. The number of thioether (sulfide) groups is 1. The minimum absolute atomic E-state index is 0.953. The molecule has 1 aliphatic heterocycles. The Morgan fingerprint density at radius 2 is 2.15 bits per heavy atom. The fraction of sp³-hybridized carbons (Fsp3) is 0.889. The van der Waals surface area contributed by atoms with Gasteiger partial charge in [0.1, 0.15) is 0 Å². The smallest absolute Gasteiger partial charge is 0.168 e. The second-order valence-electron chi connectivity index (χ2n) is 3.18. The van der Waals surface area contributed by atoms with E-state index in [0.717, 1.165) is 24.7 Å². The molecule has 1 heterocycles. The third-order valence-electron chi connectivity index (χ3n) is 2.10. The van der Waals surface area contributed by atoms with Crippen molar-refractivity contribution in [3.8, 4) is 0 Å². The molecule has 0 amide bonds. The van der Waals surface area contributed by atoms with Crippen LogP contribution in [0.4, 0.5) is 0 Å². The summed E-state index contributed by atoms with van der Waals surface area (Å²) in [6, 6.07) is 0. The van der Waals surface area contributed by atoms with E-state index in [9.17, 15) is 0 Å². The average Bonchev–Trinajstić information content (AvgIpc) is 2.19. The van der Waals surface area contributed by atoms with Gasteiger partial charge >= 0.3 is 0 Å². The Morgan fingerprint density at radius 1 is 1.46 bits per heavy atom. The number of rotatable bonds is 3. The lowest BCUT2D eigenvalue weighted by molar-refractivity contribution is 0.453. The standard InChI is InChI=1S/C9H18N2S2/c1-2-3-4-10-9(12)11-5-7-13-8-6-11/h2-8H2,1H3,(H,10,12). The zero-order valence-electron chi connectivity index (χ0n) is 8.21. The van der Waals surface area contributed by atoms with E-state index < -0.39 is 0 Å². The van der Waals surface area contributed by atoms with Crippen molar-refractivity contribution in [3.63, 3.8) is 0 Å². The summed E-state index contributed by atoms with van der Waals surface area (Å²) in [4.78, 5) is 2.28. The van der Waals surface area contributed by atoms with Crippen LogP contribution in [-0.4, -0.2) is 41.2 Å². The van der Waals surface area contributed by atoms with Gasteiger partial charge in [0, 0.05) is 31.1 Å². The molecule has 13 heavy (non-hydrogen) atoms. The van der Waals surface area contributed by atoms with Crippen LogP contribution in [-0.2, 0) is 0 Å². The van der Waals surface area contributed by atoms with Crippen molar-refractivity contribution < 1.29 is 0 Å². The molecule has 1 aliphatic rings. The highest BCUT2D eigenvalue weighted by Gasteiger charge is 2.12. The summed E-state index contributed by atoms with van der Waals surface area (Å²) in [6.07, 6.45) is 2.44. The van der Waals surface area contributed by atoms with Gasteiger partial charge in [0.15, 0.2) is 5.11 Å². The number of unbranched alkanes of at least 4 members (excludes halogenated alkanes) is 1. The van der Waals surface area contributed by atoms with Gasteiger partial charge in [-0.2, -0.15) is 11.8 Å². The van der Waals surface area contributed by atoms with Gasteiger partial charge in [-0.3, -0.25) is 0 Å². The van der Waals surface area contributed by atoms with Crippen LogP contribution in [0.1, 0.15) is 19.8 Å². The molecule has 0 spiro atoms. The first-order valence-electron chi connectivity index (χ1n) is 4.95. The van der Waals surface area contributed by atoms with Crippen molar-refractivity contribution in [2.45, 2.75) is 19.8 Å². The maximum atomic E-state index is 5.29. The first kappa shape index (κ1) is 11.1. The highest BCUT2D eigenvalue weighted by molar-refractivity contribution is 7.99. The quantitative estimate of drug-likeness (QED) is 0.573. The van der Waals surface area contributed by atoms with E-state index in [0.29, 0.717) is 0 Å². The van der Waals surface area contributed by atoms with E-state index in [2.05, 4.69) is 17.1 Å². The first-order valence-corrected chi connectivity index (χ1v) is 6.51. The fourth-order valence-electron chi connectivity index (χ4n) is 1.25. The van der Waals surface area contributed by atoms with Gasteiger partial charge < -0.3 is 10.2 Å². The third kappa shape index (κ3) is 4.18. The van der Waals surface area contributed by atoms with E-state index in [-0.39, 0.29) is 0 Å². The number of hydrogen-bond donors (Lipinski definition) is 1. The summed E-state index contributed by atoms with van der Waals surface area (Å²) in [6.45, 7) is 5.45. The van der Waals surface area contributed by atoms with E-state index in [1.165, 1.54) is 24.3 Å². The van der Waals surface area contributed by atoms with Crippen LogP contribution >= 0.6 is 24.0 Å². The van der Waals surface area contributed by atoms with E-state index in [1.54, 1.807) is 0 Å². The maximum Gasteiger partial charge on any atom is 0.168 e. The molecule has 0 atom stereocenters.